The summed E-state index contributed by atoms with van der Waals surface area (Å²) < 4.78 is 0. The first kappa shape index (κ1) is 81.8. The van der Waals surface area contributed by atoms with E-state index in [4.69, 9.17) is 0 Å². The van der Waals surface area contributed by atoms with Crippen molar-refractivity contribution in [1.29, 1.82) is 0 Å². The van der Waals surface area contributed by atoms with Crippen LogP contribution in [0.1, 0.15) is 298 Å². The Balaban J connectivity index is 0.000000115. The number of fused-ring (bicyclic) bond motifs is 16. The first-order valence-corrected chi connectivity index (χ1v) is 47.4. The second kappa shape index (κ2) is 29.1. The maximum absolute atomic E-state index is 2.53. The van der Waals surface area contributed by atoms with Crippen molar-refractivity contribution < 1.29 is 0 Å². The average Bonchev–Trinajstić information content (AvgIpc) is 1.54. The average molecular weight is 1590 g/mol. The molecule has 0 N–H and O–H groups in total. The van der Waals surface area contributed by atoms with Gasteiger partial charge in [-0.05, 0) is 283 Å². The highest BCUT2D eigenvalue weighted by Gasteiger charge is 2.62. The molecule has 4 atom stereocenters. The summed E-state index contributed by atoms with van der Waals surface area (Å²) in [6.45, 7) is 52.9. The van der Waals surface area contributed by atoms with Crippen molar-refractivity contribution in [2.75, 3.05) is 0 Å². The first-order valence-electron chi connectivity index (χ1n) is 44.7. The van der Waals surface area contributed by atoms with Gasteiger partial charge in [0, 0.05) is 21.7 Å². The summed E-state index contributed by atoms with van der Waals surface area (Å²) in [5.41, 5.74) is 36.3. The number of benzene rings is 12. The van der Waals surface area contributed by atoms with Crippen LogP contribution >= 0.6 is 15.8 Å². The third-order valence-electron chi connectivity index (χ3n) is 30.1. The lowest BCUT2D eigenvalue weighted by atomic mass is 9.71. The Morgan fingerprint density at radius 1 is 0.203 bits per heavy atom. The number of rotatable bonds is 8. The van der Waals surface area contributed by atoms with Crippen LogP contribution in [0.2, 0.25) is 0 Å². The molecule has 0 bridgehead atoms. The van der Waals surface area contributed by atoms with Gasteiger partial charge in [-0.15, -0.1) is 0 Å². The maximum atomic E-state index is 2.53. The maximum Gasteiger partial charge on any atom is 0.0231 e. The van der Waals surface area contributed by atoms with E-state index >= 15 is 0 Å². The summed E-state index contributed by atoms with van der Waals surface area (Å²) in [7, 11) is -1.33. The normalized spacial score (nSPS) is 23.1. The van der Waals surface area contributed by atoms with Gasteiger partial charge < -0.3 is 0 Å². The van der Waals surface area contributed by atoms with E-state index in [1.807, 2.05) is 0 Å². The minimum Gasteiger partial charge on any atom is -0.0622 e. The van der Waals surface area contributed by atoms with E-state index in [1.54, 1.807) is 105 Å². The molecule has 0 nitrogen and oxygen atoms in total. The van der Waals surface area contributed by atoms with Gasteiger partial charge in [-0.3, -0.25) is 0 Å². The molecule has 12 aromatic rings. The Morgan fingerprint density at radius 2 is 0.466 bits per heavy atom. The second-order valence-electron chi connectivity index (χ2n) is 42.8. The molecule has 2 heteroatoms. The third kappa shape index (κ3) is 13.2. The van der Waals surface area contributed by atoms with E-state index in [0.29, 0.717) is 0 Å². The van der Waals surface area contributed by atoms with Crippen LogP contribution in [0.15, 0.2) is 267 Å². The van der Waals surface area contributed by atoms with Gasteiger partial charge in [-0.25, -0.2) is 0 Å². The fraction of sp³-hybridized carbons (Fsp3) is 0.379. The standard InChI is InChI=1S/C35H37P.C33H33P.C25H32.C23H28/c1-24-17-18-28-29(19-24)33(3,4)22-35(28)23-34(5,6)30-20-25(2)21-31(32(30)35)36(26-13-9-7-10-14-26)27-15-11-8-12-16-27;1-31(2)22-33(27-19-12-11-18-26(27)31)23-32(3,4)28-20-13-21-29(30(28)33)34(24-14-7-5-8-15-24)25-16-9-6-10-17-25;1-8-18-11-17(3)13-21-22(18)25(15-24(21,6)7)14-23(4,5)20-12-16(2)9-10-19(20)25;1-6-16-10-9-13-19-20(16)23(15-22(19,4)5)14-21(2,3)17-11-7-8-12-18(17)23/h7-21H,22-23H2,1-6H3;5-21H,22-23H2,1-4H3;9-13H,8,14-15H2,1-7H3;7-13H,6,14-15H2,1-5H3/t35-;33-;25-;23-/m0000/s1. The van der Waals surface area contributed by atoms with Gasteiger partial charge >= 0.3 is 0 Å². The minimum absolute atomic E-state index is 0.0541. The molecule has 0 saturated heterocycles. The van der Waals surface area contributed by atoms with E-state index in [0.717, 1.165) is 12.8 Å². The van der Waals surface area contributed by atoms with Crippen molar-refractivity contribution in [2.45, 2.75) is 282 Å². The molecule has 0 radical (unpaired) electrons. The van der Waals surface area contributed by atoms with Crippen molar-refractivity contribution >= 4 is 47.7 Å². The SMILES string of the molecule is CC1(C)C[C@]2(CC(C)(C)c3cccc(P(c4ccccc4)c4ccccc4)c32)c2ccccc21.CCc1cc(C)cc2c1[C@@]1(CC(C)(C)c3cc(C)ccc31)CC2(C)C.CCc1cccc2c1[C@@]1(CC(C)(C)c3ccccc31)CC2(C)C.Cc1ccc2c(c1)C(C)(C)C[C@]21CC(C)(C)c2cc(C)cc(P(c3ccccc3)c3ccccc3)c21. The highest BCUT2D eigenvalue weighted by atomic mass is 31.1. The largest absolute Gasteiger partial charge is 0.0622 e. The fourth-order valence-corrected chi connectivity index (χ4v) is 31.8. The van der Waals surface area contributed by atoms with Crippen LogP contribution in [0.4, 0.5) is 0 Å². The summed E-state index contributed by atoms with van der Waals surface area (Å²) in [5.74, 6) is 0. The summed E-state index contributed by atoms with van der Waals surface area (Å²) in [5, 5.41) is 8.85. The van der Waals surface area contributed by atoms with Crippen LogP contribution < -0.4 is 31.8 Å². The van der Waals surface area contributed by atoms with Crippen molar-refractivity contribution in [1.82, 2.24) is 0 Å². The lowest BCUT2D eigenvalue weighted by molar-refractivity contribution is 0.348. The molecule has 0 amide bonds. The van der Waals surface area contributed by atoms with Crippen LogP contribution in [0.5, 0.6) is 0 Å². The van der Waals surface area contributed by atoms with Gasteiger partial charge in [0.2, 0.25) is 0 Å². The molecule has 0 saturated carbocycles. The first-order chi connectivity index (χ1) is 55.9. The smallest absolute Gasteiger partial charge is 0.0231 e. The highest BCUT2D eigenvalue weighted by molar-refractivity contribution is 7.80. The molecule has 20 rings (SSSR count). The van der Waals surface area contributed by atoms with E-state index < -0.39 is 15.8 Å². The van der Waals surface area contributed by atoms with E-state index in [-0.39, 0.29) is 65.0 Å². The molecule has 8 aliphatic rings. The molecule has 0 aliphatic heterocycles. The number of hydrogen-bond acceptors (Lipinski definition) is 0. The Kier molecular flexibility index (Phi) is 20.2. The van der Waals surface area contributed by atoms with Crippen molar-refractivity contribution in [2.24, 2.45) is 0 Å². The monoisotopic (exact) mass is 1580 g/mol. The van der Waals surface area contributed by atoms with Gasteiger partial charge in [-0.1, -0.05) is 414 Å². The van der Waals surface area contributed by atoms with Crippen LogP contribution in [-0.4, -0.2) is 0 Å². The van der Waals surface area contributed by atoms with Crippen molar-refractivity contribution in [3.8, 4) is 0 Å². The molecular formula is C116H130P2. The van der Waals surface area contributed by atoms with E-state index in [2.05, 4.69) is 419 Å². The lowest BCUT2D eigenvalue weighted by Crippen LogP contribution is -2.33. The molecule has 4 spiro atoms. The molecule has 0 aromatic heterocycles. The predicted octanol–water partition coefficient (Wildman–Crippen LogP) is 27.2. The quantitative estimate of drug-likeness (QED) is 0.133. The topological polar surface area (TPSA) is 0 Å². The van der Waals surface area contributed by atoms with E-state index in [1.165, 1.54) is 100 Å². The Morgan fingerprint density at radius 3 is 0.856 bits per heavy atom. The van der Waals surface area contributed by atoms with Gasteiger partial charge in [0.25, 0.3) is 0 Å². The molecule has 0 heterocycles. The van der Waals surface area contributed by atoms with Crippen LogP contribution in [0.25, 0.3) is 0 Å². The Hall–Kier alpha value is -8.50. The molecule has 118 heavy (non-hydrogen) atoms. The third-order valence-corrected chi connectivity index (χ3v) is 35.0. The van der Waals surface area contributed by atoms with Crippen molar-refractivity contribution in [3.63, 3.8) is 0 Å². The Labute approximate surface area is 713 Å². The minimum atomic E-state index is -0.675. The Bertz CT molecular complexity index is 5760. The molecular weight excluding hydrogens is 1460 g/mol. The predicted molar refractivity (Wildman–Crippen MR) is 511 cm³/mol. The van der Waals surface area contributed by atoms with Crippen LogP contribution in [0.3, 0.4) is 0 Å². The lowest BCUT2D eigenvalue weighted by Gasteiger charge is -2.34. The van der Waals surface area contributed by atoms with Gasteiger partial charge in [-0.2, -0.15) is 0 Å². The number of hydrogen-bond donors (Lipinski definition) is 0. The fourth-order valence-electron chi connectivity index (χ4n) is 26.5. The second-order valence-corrected chi connectivity index (χ2v) is 47.2. The molecule has 0 unspecified atom stereocenters. The summed E-state index contributed by atoms with van der Waals surface area (Å²) in [6, 6.07) is 102. The van der Waals surface area contributed by atoms with Crippen molar-refractivity contribution in [3.05, 3.63) is 389 Å². The zero-order chi connectivity index (χ0) is 83.5. The molecule has 0 fully saturated rings. The number of aryl methyl sites for hydroxylation is 6. The summed E-state index contributed by atoms with van der Waals surface area (Å²) in [4.78, 5) is 0. The van der Waals surface area contributed by atoms with E-state index in [9.17, 15) is 0 Å². The van der Waals surface area contributed by atoms with Crippen LogP contribution in [-0.2, 0) is 77.8 Å². The zero-order valence-electron chi connectivity index (χ0n) is 75.4. The van der Waals surface area contributed by atoms with Crippen LogP contribution in [0, 0.1) is 27.7 Å². The molecule has 8 aliphatic carbocycles. The zero-order valence-corrected chi connectivity index (χ0v) is 77.2. The van der Waals surface area contributed by atoms with Gasteiger partial charge in [0.15, 0.2) is 0 Å². The highest BCUT2D eigenvalue weighted by Crippen LogP contribution is 2.69. The van der Waals surface area contributed by atoms with Gasteiger partial charge in [0.1, 0.15) is 0 Å². The molecule has 12 aromatic carbocycles. The molecule has 604 valence electrons. The van der Waals surface area contributed by atoms with Gasteiger partial charge in [0.05, 0.1) is 0 Å². The summed E-state index contributed by atoms with van der Waals surface area (Å²) >= 11 is 0. The summed E-state index contributed by atoms with van der Waals surface area (Å²) in [6.07, 6.45) is 11.9.